The van der Waals surface area contributed by atoms with E-state index in [0.29, 0.717) is 24.5 Å². The van der Waals surface area contributed by atoms with Gasteiger partial charge in [-0.25, -0.2) is 4.79 Å². The summed E-state index contributed by atoms with van der Waals surface area (Å²) in [5, 5.41) is 3.55. The van der Waals surface area contributed by atoms with Gasteiger partial charge in [0.25, 0.3) is 0 Å². The Morgan fingerprint density at radius 2 is 1.63 bits per heavy atom. The first-order chi connectivity index (χ1) is 22.9. The van der Waals surface area contributed by atoms with Gasteiger partial charge in [0.2, 0.25) is 0 Å². The normalized spacial score (nSPS) is 32.0. The van der Waals surface area contributed by atoms with E-state index in [1.807, 2.05) is 4.90 Å². The van der Waals surface area contributed by atoms with E-state index in [4.69, 9.17) is 16.2 Å². The first kappa shape index (κ1) is 48.8. The summed E-state index contributed by atoms with van der Waals surface area (Å²) in [5.41, 5.74) is 14.0. The number of hydrogen-bond acceptors (Lipinski definition) is 5. The lowest BCUT2D eigenvalue weighted by molar-refractivity contribution is -0.0599. The third kappa shape index (κ3) is 11.6. The molecule has 5 N–H and O–H groups in total. The number of carbonyl (C=O) groups is 1. The Morgan fingerprint density at radius 1 is 0.922 bits per heavy atom. The van der Waals surface area contributed by atoms with Crippen LogP contribution >= 0.6 is 37.2 Å². The fraction of sp³-hybridized carbons (Fsp3) is 0.929. The van der Waals surface area contributed by atoms with Gasteiger partial charge in [0.05, 0.1) is 0 Å². The Bertz CT molecular complexity index is 1050. The van der Waals surface area contributed by atoms with Crippen molar-refractivity contribution in [3.63, 3.8) is 0 Å². The molecule has 302 valence electrons. The van der Waals surface area contributed by atoms with Crippen molar-refractivity contribution in [3.05, 3.63) is 11.6 Å². The van der Waals surface area contributed by atoms with Gasteiger partial charge in [0.1, 0.15) is 6.10 Å². The van der Waals surface area contributed by atoms with Crippen LogP contribution < -0.4 is 16.8 Å². The highest BCUT2D eigenvalue weighted by atomic mass is 35.5. The molecule has 9 heteroatoms. The minimum atomic E-state index is -0.138. The lowest BCUT2D eigenvalue weighted by Crippen LogP contribution is -2.51. The molecule has 4 aliphatic carbocycles. The van der Waals surface area contributed by atoms with Crippen LogP contribution in [0.4, 0.5) is 4.79 Å². The van der Waals surface area contributed by atoms with Crippen molar-refractivity contribution in [2.45, 2.75) is 170 Å². The summed E-state index contributed by atoms with van der Waals surface area (Å²) in [5.74, 6) is 5.90. The molecule has 3 saturated carbocycles. The summed E-state index contributed by atoms with van der Waals surface area (Å²) in [6.07, 6.45) is 20.4. The molecule has 0 saturated heterocycles. The van der Waals surface area contributed by atoms with Gasteiger partial charge in [-0.1, -0.05) is 66.0 Å². The van der Waals surface area contributed by atoms with Gasteiger partial charge >= 0.3 is 6.09 Å². The lowest BCUT2D eigenvalue weighted by atomic mass is 9.47. The molecule has 0 heterocycles. The van der Waals surface area contributed by atoms with Crippen molar-refractivity contribution in [1.82, 2.24) is 10.2 Å². The van der Waals surface area contributed by atoms with Gasteiger partial charge in [-0.05, 0) is 163 Å². The van der Waals surface area contributed by atoms with Crippen molar-refractivity contribution < 1.29 is 9.53 Å². The average molecular weight is 780 g/mol. The van der Waals surface area contributed by atoms with Gasteiger partial charge in [-0.3, -0.25) is 0 Å². The van der Waals surface area contributed by atoms with Crippen LogP contribution in [0.5, 0.6) is 0 Å². The number of fused-ring (bicyclic) bond motifs is 5. The molecule has 11 atom stereocenters. The number of nitrogens with one attached hydrogen (secondary N) is 1. The topological polar surface area (TPSA) is 93.6 Å². The Balaban J connectivity index is 0.00000433. The van der Waals surface area contributed by atoms with Crippen molar-refractivity contribution in [2.24, 2.45) is 63.7 Å². The number of nitrogens with zero attached hydrogens (tertiary/aromatic N) is 1. The predicted octanol–water partition coefficient (Wildman–Crippen LogP) is 10.6. The van der Waals surface area contributed by atoms with Crippen molar-refractivity contribution in [1.29, 1.82) is 0 Å². The molecule has 0 aromatic heterocycles. The summed E-state index contributed by atoms with van der Waals surface area (Å²) in [7, 11) is 0. The van der Waals surface area contributed by atoms with E-state index in [1.54, 1.807) is 5.57 Å². The molecular weight excluding hydrogens is 699 g/mol. The molecule has 0 bridgehead atoms. The minimum Gasteiger partial charge on any atom is -0.446 e. The number of allylic oxidation sites excluding steroid dienone is 1. The van der Waals surface area contributed by atoms with Crippen LogP contribution in [0.1, 0.15) is 152 Å². The van der Waals surface area contributed by atoms with Crippen LogP contribution in [0.15, 0.2) is 11.6 Å². The van der Waals surface area contributed by atoms with Gasteiger partial charge in [0, 0.05) is 25.0 Å². The molecule has 6 nitrogen and oxygen atoms in total. The Labute approximate surface area is 333 Å². The highest BCUT2D eigenvalue weighted by molar-refractivity contribution is 5.86. The molecule has 4 aliphatic rings. The molecule has 1 amide bonds. The smallest absolute Gasteiger partial charge is 0.410 e. The second kappa shape index (κ2) is 22.3. The van der Waals surface area contributed by atoms with Crippen LogP contribution in [0.25, 0.3) is 0 Å². The third-order valence-electron chi connectivity index (χ3n) is 14.8. The second-order valence-corrected chi connectivity index (χ2v) is 18.0. The lowest BCUT2D eigenvalue weighted by Gasteiger charge is -2.58. The maximum absolute atomic E-state index is 13.6. The highest BCUT2D eigenvalue weighted by Crippen LogP contribution is 2.67. The quantitative estimate of drug-likeness (QED) is 0.0951. The molecule has 4 rings (SSSR count). The van der Waals surface area contributed by atoms with Gasteiger partial charge in [0.15, 0.2) is 0 Å². The first-order valence-electron chi connectivity index (χ1n) is 20.7. The zero-order valence-electron chi connectivity index (χ0n) is 33.9. The third-order valence-corrected chi connectivity index (χ3v) is 14.8. The molecule has 0 aromatic carbocycles. The highest BCUT2D eigenvalue weighted by Gasteiger charge is 2.59. The summed E-state index contributed by atoms with van der Waals surface area (Å²) in [4.78, 5) is 15.6. The largest absolute Gasteiger partial charge is 0.446 e. The Hall–Kier alpha value is -0.240. The average Bonchev–Trinajstić information content (AvgIpc) is 3.40. The van der Waals surface area contributed by atoms with Crippen LogP contribution in [-0.2, 0) is 4.74 Å². The summed E-state index contributed by atoms with van der Waals surface area (Å²) >= 11 is 0. The second-order valence-electron chi connectivity index (χ2n) is 18.0. The molecule has 0 aliphatic heterocycles. The fourth-order valence-electron chi connectivity index (χ4n) is 11.6. The maximum Gasteiger partial charge on any atom is 0.410 e. The monoisotopic (exact) mass is 779 g/mol. The summed E-state index contributed by atoms with van der Waals surface area (Å²) < 4.78 is 6.34. The van der Waals surface area contributed by atoms with E-state index >= 15 is 0 Å². The van der Waals surface area contributed by atoms with E-state index in [9.17, 15) is 4.79 Å². The van der Waals surface area contributed by atoms with Crippen LogP contribution in [-0.4, -0.2) is 55.4 Å². The van der Waals surface area contributed by atoms with Gasteiger partial charge in [-0.15, -0.1) is 37.2 Å². The van der Waals surface area contributed by atoms with Crippen LogP contribution in [0, 0.1) is 52.3 Å². The van der Waals surface area contributed by atoms with Crippen molar-refractivity contribution in [3.8, 4) is 0 Å². The first-order valence-corrected chi connectivity index (χ1v) is 20.7. The van der Waals surface area contributed by atoms with E-state index in [1.165, 1.54) is 51.4 Å². The number of unbranched alkanes of at least 4 members (excludes halogenated alkanes) is 1. The van der Waals surface area contributed by atoms with Crippen LogP contribution in [0.2, 0.25) is 0 Å². The van der Waals surface area contributed by atoms with E-state index in [2.05, 4.69) is 66.8 Å². The molecule has 0 spiro atoms. The number of amides is 1. The number of rotatable bonds is 18. The van der Waals surface area contributed by atoms with Gasteiger partial charge < -0.3 is 26.4 Å². The Kier molecular flexibility index (Phi) is 21.4. The minimum absolute atomic E-state index is 0. The van der Waals surface area contributed by atoms with Crippen LogP contribution in [0.3, 0.4) is 0 Å². The van der Waals surface area contributed by atoms with Crippen molar-refractivity contribution in [2.75, 3.05) is 26.2 Å². The Morgan fingerprint density at radius 3 is 2.27 bits per heavy atom. The number of ether oxygens (including phenoxy) is 1. The van der Waals surface area contributed by atoms with Crippen molar-refractivity contribution >= 4 is 43.3 Å². The van der Waals surface area contributed by atoms with Gasteiger partial charge in [-0.2, -0.15) is 0 Å². The van der Waals surface area contributed by atoms with E-state index in [-0.39, 0.29) is 60.9 Å². The molecule has 3 fully saturated rings. The molecule has 0 radical (unpaired) electrons. The molecule has 0 aromatic rings. The summed E-state index contributed by atoms with van der Waals surface area (Å²) in [6.45, 7) is 22.4. The number of halogens is 3. The SMILES string of the molecule is CC[C@H](CC[C@@H](C)[C@H]1CC[C@H]2[C@@H]3CC=C4C[C@@H](OC(=O)N(CCCCNC(C)CCN)C(C)CCN)CC[C@]4(C)[C@H]3CC[C@]12C)C(C)C.Cl.Cl.Cl. The van der Waals surface area contributed by atoms with E-state index < -0.39 is 0 Å². The molecule has 51 heavy (non-hydrogen) atoms. The predicted molar refractivity (Wildman–Crippen MR) is 224 cm³/mol. The number of carbonyl (C=O) groups excluding carboxylic acids is 1. The fourth-order valence-corrected chi connectivity index (χ4v) is 11.6. The molecular formula is C42H81Cl3N4O2. The zero-order valence-corrected chi connectivity index (χ0v) is 36.4. The zero-order chi connectivity index (χ0) is 35.1. The van der Waals surface area contributed by atoms with E-state index in [0.717, 1.165) is 99.5 Å². The molecule has 2 unspecified atom stereocenters. The summed E-state index contributed by atoms with van der Waals surface area (Å²) in [6, 6.07) is 0.525. The maximum atomic E-state index is 13.6. The number of hydrogen-bond donors (Lipinski definition) is 3. The number of nitrogens with two attached hydrogens (primary N) is 2. The standard InChI is InChI=1S/C42H78N4O2.3ClH/c1-9-33(29(2)3)13-12-30(4)37-16-17-38-36-15-14-34-28-35(18-22-41(34,7)39(36)19-23-42(37,38)8)48-40(47)46(32(6)21-25-44)27-11-10-26-45-31(5)20-24-43;;;/h14,29-33,35-39,45H,9-13,15-28,43-44H2,1-8H3;3*1H/t30-,31?,32?,33-,35+,36+,37-,38+,39+,41+,42-;;;/m1.../s1.